The summed E-state index contributed by atoms with van der Waals surface area (Å²) in [6.07, 6.45) is 5.54. The van der Waals surface area contributed by atoms with Gasteiger partial charge in [0.1, 0.15) is 12.4 Å². The molecule has 0 spiro atoms. The van der Waals surface area contributed by atoms with Crippen LogP contribution < -0.4 is 19.5 Å². The van der Waals surface area contributed by atoms with E-state index < -0.39 is 0 Å². The van der Waals surface area contributed by atoms with Crippen molar-refractivity contribution in [3.8, 4) is 17.2 Å². The molecule has 0 bridgehead atoms. The second-order valence-corrected chi connectivity index (χ2v) is 7.77. The van der Waals surface area contributed by atoms with E-state index in [1.807, 2.05) is 25.1 Å². The zero-order valence-corrected chi connectivity index (χ0v) is 18.2. The molecule has 2 aliphatic rings. The number of anilines is 1. The maximum Gasteiger partial charge on any atom is 0.308 e. The Bertz CT molecular complexity index is 970. The van der Waals surface area contributed by atoms with E-state index in [2.05, 4.69) is 29.6 Å². The lowest BCUT2D eigenvalue weighted by molar-refractivity contribution is -0.132. The van der Waals surface area contributed by atoms with Gasteiger partial charge in [0.25, 0.3) is 0 Å². The molecule has 0 radical (unpaired) electrons. The van der Waals surface area contributed by atoms with Crippen molar-refractivity contribution in [3.63, 3.8) is 0 Å². The molecule has 0 saturated carbocycles. The lowest BCUT2D eigenvalue weighted by Crippen LogP contribution is -2.29. The third-order valence-electron chi connectivity index (χ3n) is 5.84. The molecular formula is C25H29NO5. The van der Waals surface area contributed by atoms with Gasteiger partial charge in [-0.15, -0.1) is 0 Å². The van der Waals surface area contributed by atoms with Crippen molar-refractivity contribution < 1.29 is 23.7 Å². The molecule has 0 amide bonds. The minimum atomic E-state index is -0.366. The molecule has 2 aromatic rings. The van der Waals surface area contributed by atoms with Gasteiger partial charge >= 0.3 is 5.97 Å². The predicted octanol–water partition coefficient (Wildman–Crippen LogP) is 4.86. The van der Waals surface area contributed by atoms with Gasteiger partial charge in [0.15, 0.2) is 11.5 Å². The van der Waals surface area contributed by atoms with Crippen molar-refractivity contribution in [1.29, 1.82) is 0 Å². The Kier molecular flexibility index (Phi) is 6.47. The molecule has 3 atom stereocenters. The van der Waals surface area contributed by atoms with E-state index in [9.17, 15) is 4.79 Å². The number of allylic oxidation sites excluding steroid dienone is 2. The van der Waals surface area contributed by atoms with Crippen molar-refractivity contribution in [2.75, 3.05) is 32.2 Å². The summed E-state index contributed by atoms with van der Waals surface area (Å²) in [6, 6.07) is 12.1. The van der Waals surface area contributed by atoms with Crippen LogP contribution in [0.5, 0.6) is 17.2 Å². The van der Waals surface area contributed by atoms with Crippen LogP contribution in [0.25, 0.3) is 0 Å². The number of rotatable bonds is 8. The maximum absolute atomic E-state index is 11.4. The van der Waals surface area contributed by atoms with Gasteiger partial charge in [0.2, 0.25) is 0 Å². The first kappa shape index (κ1) is 21.2. The summed E-state index contributed by atoms with van der Waals surface area (Å²) < 4.78 is 22.0. The smallest absolute Gasteiger partial charge is 0.308 e. The predicted molar refractivity (Wildman–Crippen MR) is 119 cm³/mol. The lowest BCUT2D eigenvalue weighted by Gasteiger charge is -2.37. The molecule has 1 N–H and O–H groups in total. The average Bonchev–Trinajstić information content (AvgIpc) is 3.26. The maximum atomic E-state index is 11.4. The van der Waals surface area contributed by atoms with E-state index in [1.165, 1.54) is 12.5 Å². The van der Waals surface area contributed by atoms with Gasteiger partial charge < -0.3 is 24.3 Å². The summed E-state index contributed by atoms with van der Waals surface area (Å²) in [5.74, 6) is 2.19. The van der Waals surface area contributed by atoms with Crippen LogP contribution >= 0.6 is 0 Å². The molecular weight excluding hydrogens is 394 g/mol. The van der Waals surface area contributed by atoms with E-state index in [0.29, 0.717) is 43.2 Å². The third kappa shape index (κ3) is 4.54. The first-order chi connectivity index (χ1) is 15.1. The molecule has 164 valence electrons. The molecule has 6 heteroatoms. The van der Waals surface area contributed by atoms with Crippen LogP contribution in [0.1, 0.15) is 43.4 Å². The van der Waals surface area contributed by atoms with Crippen molar-refractivity contribution in [2.45, 2.75) is 32.2 Å². The van der Waals surface area contributed by atoms with Crippen LogP contribution in [0, 0.1) is 5.92 Å². The molecule has 1 aliphatic heterocycles. The van der Waals surface area contributed by atoms with Crippen LogP contribution in [-0.4, -0.2) is 32.9 Å². The molecule has 2 aromatic carbocycles. The fourth-order valence-electron chi connectivity index (χ4n) is 4.47. The number of carbonyl (C=O) groups excluding carboxylic acids is 1. The SMILES string of the molecule is CCOCCOc1ccc2c(c1)C1C=CCC1C(c1ccc(OC(C)=O)c(OC)c1)N2. The molecule has 6 nitrogen and oxygen atoms in total. The number of hydrogen-bond donors (Lipinski definition) is 1. The minimum Gasteiger partial charge on any atom is -0.493 e. The topological polar surface area (TPSA) is 66.0 Å². The van der Waals surface area contributed by atoms with Gasteiger partial charge in [0.05, 0.1) is 19.8 Å². The Balaban J connectivity index is 1.58. The number of fused-ring (bicyclic) bond motifs is 3. The Morgan fingerprint density at radius 1 is 1.13 bits per heavy atom. The monoisotopic (exact) mass is 423 g/mol. The largest absolute Gasteiger partial charge is 0.493 e. The van der Waals surface area contributed by atoms with E-state index in [1.54, 1.807) is 13.2 Å². The number of ether oxygens (including phenoxy) is 4. The normalized spacial score (nSPS) is 21.1. The van der Waals surface area contributed by atoms with Crippen molar-refractivity contribution in [3.05, 3.63) is 59.7 Å². The first-order valence-corrected chi connectivity index (χ1v) is 10.7. The van der Waals surface area contributed by atoms with Gasteiger partial charge in [-0.1, -0.05) is 18.2 Å². The summed E-state index contributed by atoms with van der Waals surface area (Å²) in [5.41, 5.74) is 3.47. The number of nitrogens with one attached hydrogen (secondary N) is 1. The number of esters is 1. The summed E-state index contributed by atoms with van der Waals surface area (Å²) in [5, 5.41) is 3.72. The zero-order valence-electron chi connectivity index (χ0n) is 18.2. The van der Waals surface area contributed by atoms with Crippen LogP contribution in [0.15, 0.2) is 48.6 Å². The number of benzene rings is 2. The highest BCUT2D eigenvalue weighted by molar-refractivity contribution is 5.70. The van der Waals surface area contributed by atoms with E-state index >= 15 is 0 Å². The third-order valence-corrected chi connectivity index (χ3v) is 5.84. The number of hydrogen-bond acceptors (Lipinski definition) is 6. The van der Waals surface area contributed by atoms with Gasteiger partial charge in [-0.3, -0.25) is 4.79 Å². The highest BCUT2D eigenvalue weighted by Crippen LogP contribution is 2.51. The Labute approximate surface area is 183 Å². The van der Waals surface area contributed by atoms with Gasteiger partial charge in [-0.2, -0.15) is 0 Å². The fourth-order valence-corrected chi connectivity index (χ4v) is 4.47. The highest BCUT2D eigenvalue weighted by atomic mass is 16.6. The standard InChI is InChI=1S/C25H29NO5/c1-4-29-12-13-30-18-9-10-22-21(15-18)19-6-5-7-20(19)25(26-22)17-8-11-23(31-16(2)27)24(14-17)28-3/h5-6,8-11,14-15,19-20,25-26H,4,7,12-13H2,1-3H3. The molecule has 0 saturated heterocycles. The summed E-state index contributed by atoms with van der Waals surface area (Å²) in [7, 11) is 1.59. The molecule has 3 unspecified atom stereocenters. The van der Waals surface area contributed by atoms with Crippen molar-refractivity contribution >= 4 is 11.7 Å². The Morgan fingerprint density at radius 2 is 2.00 bits per heavy atom. The van der Waals surface area contributed by atoms with Crippen LogP contribution in [0.4, 0.5) is 5.69 Å². The van der Waals surface area contributed by atoms with Crippen molar-refractivity contribution in [2.24, 2.45) is 5.92 Å². The van der Waals surface area contributed by atoms with Crippen molar-refractivity contribution in [1.82, 2.24) is 0 Å². The zero-order chi connectivity index (χ0) is 21.8. The van der Waals surface area contributed by atoms with Gasteiger partial charge in [0, 0.05) is 25.1 Å². The quantitative estimate of drug-likeness (QED) is 0.283. The fraction of sp³-hybridized carbons (Fsp3) is 0.400. The lowest BCUT2D eigenvalue weighted by atomic mass is 9.77. The second-order valence-electron chi connectivity index (χ2n) is 7.77. The van der Waals surface area contributed by atoms with Crippen LogP contribution in [-0.2, 0) is 9.53 Å². The van der Waals surface area contributed by atoms with Gasteiger partial charge in [-0.05, 0) is 60.7 Å². The van der Waals surface area contributed by atoms with E-state index in [4.69, 9.17) is 18.9 Å². The first-order valence-electron chi connectivity index (χ1n) is 10.7. The van der Waals surface area contributed by atoms with E-state index in [-0.39, 0.29) is 12.0 Å². The van der Waals surface area contributed by atoms with E-state index in [0.717, 1.165) is 23.4 Å². The summed E-state index contributed by atoms with van der Waals surface area (Å²) in [6.45, 7) is 5.19. The Hall–Kier alpha value is -2.99. The van der Waals surface area contributed by atoms with Crippen LogP contribution in [0.2, 0.25) is 0 Å². The molecule has 0 fully saturated rings. The molecule has 1 aliphatic carbocycles. The molecule has 1 heterocycles. The number of methoxy groups -OCH3 is 1. The highest BCUT2D eigenvalue weighted by Gasteiger charge is 2.38. The molecule has 0 aromatic heterocycles. The number of carbonyl (C=O) groups is 1. The second kappa shape index (κ2) is 9.43. The Morgan fingerprint density at radius 3 is 2.77 bits per heavy atom. The summed E-state index contributed by atoms with van der Waals surface area (Å²) >= 11 is 0. The minimum absolute atomic E-state index is 0.123. The van der Waals surface area contributed by atoms with Crippen LogP contribution in [0.3, 0.4) is 0 Å². The average molecular weight is 424 g/mol. The molecule has 4 rings (SSSR count). The summed E-state index contributed by atoms with van der Waals surface area (Å²) in [4.78, 5) is 11.4. The molecule has 31 heavy (non-hydrogen) atoms. The van der Waals surface area contributed by atoms with Gasteiger partial charge in [-0.25, -0.2) is 0 Å².